The molecule has 5 heteroatoms. The number of H-pyrrole nitrogens is 1. The van der Waals surface area contributed by atoms with Gasteiger partial charge in [0.15, 0.2) is 0 Å². The van der Waals surface area contributed by atoms with Crippen molar-refractivity contribution in [2.45, 2.75) is 20.3 Å². The second-order valence-electron chi connectivity index (χ2n) is 4.41. The van der Waals surface area contributed by atoms with Crippen molar-refractivity contribution in [3.63, 3.8) is 0 Å². The average molecular weight is 259 g/mol. The number of nitrogens with zero attached hydrogens (tertiary/aromatic N) is 1. The lowest BCUT2D eigenvalue weighted by atomic mass is 10.1. The predicted octanol–water partition coefficient (Wildman–Crippen LogP) is 2.43. The zero-order valence-electron chi connectivity index (χ0n) is 11.1. The Labute approximate surface area is 112 Å². The third-order valence-electron chi connectivity index (χ3n) is 2.55. The number of nitrogens with one attached hydrogen (secondary N) is 2. The van der Waals surface area contributed by atoms with Crippen molar-refractivity contribution in [3.8, 4) is 5.75 Å². The second kappa shape index (κ2) is 6.04. The number of hydrogen-bond donors (Lipinski definition) is 2. The molecule has 0 saturated carbocycles. The molecule has 0 aliphatic carbocycles. The van der Waals surface area contributed by atoms with Crippen LogP contribution in [0.5, 0.6) is 5.75 Å². The van der Waals surface area contributed by atoms with Gasteiger partial charge in [0.25, 0.3) is 0 Å². The molecular formula is C14H17N3O2. The van der Waals surface area contributed by atoms with E-state index in [1.54, 1.807) is 12.4 Å². The quantitative estimate of drug-likeness (QED) is 0.866. The summed E-state index contributed by atoms with van der Waals surface area (Å²) in [5.74, 6) is 1.12. The molecule has 2 N–H and O–H groups in total. The summed E-state index contributed by atoms with van der Waals surface area (Å²) in [6.07, 6.45) is 3.52. The lowest BCUT2D eigenvalue weighted by Crippen LogP contribution is -2.16. The van der Waals surface area contributed by atoms with Gasteiger partial charge in [0.05, 0.1) is 13.0 Å². The van der Waals surface area contributed by atoms with E-state index in [0.29, 0.717) is 12.6 Å². The van der Waals surface area contributed by atoms with Crippen LogP contribution in [0.15, 0.2) is 30.6 Å². The third-order valence-corrected chi connectivity index (χ3v) is 2.55. The molecule has 1 amide bonds. The van der Waals surface area contributed by atoms with Crippen molar-refractivity contribution < 1.29 is 9.53 Å². The molecule has 19 heavy (non-hydrogen) atoms. The molecule has 100 valence electrons. The van der Waals surface area contributed by atoms with Crippen LogP contribution in [0.2, 0.25) is 0 Å². The molecule has 1 heterocycles. The molecule has 0 aliphatic rings. The molecule has 5 nitrogen and oxygen atoms in total. The van der Waals surface area contributed by atoms with E-state index in [0.717, 1.165) is 16.9 Å². The van der Waals surface area contributed by atoms with E-state index in [-0.39, 0.29) is 12.3 Å². The van der Waals surface area contributed by atoms with Gasteiger partial charge in [0.2, 0.25) is 11.9 Å². The highest BCUT2D eigenvalue weighted by atomic mass is 16.5. The maximum absolute atomic E-state index is 11.6. The highest BCUT2D eigenvalue weighted by Crippen LogP contribution is 2.16. The van der Waals surface area contributed by atoms with E-state index < -0.39 is 0 Å². The molecule has 1 aromatic heterocycles. The van der Waals surface area contributed by atoms with Gasteiger partial charge in [-0.3, -0.25) is 10.1 Å². The minimum atomic E-state index is -0.126. The number of carbonyl (C=O) groups excluding carboxylic acids is 1. The van der Waals surface area contributed by atoms with Crippen LogP contribution in [0.1, 0.15) is 17.5 Å². The fourth-order valence-corrected chi connectivity index (χ4v) is 1.81. The first kappa shape index (κ1) is 13.1. The summed E-state index contributed by atoms with van der Waals surface area (Å²) in [4.78, 5) is 18.3. The van der Waals surface area contributed by atoms with Crippen LogP contribution in [-0.4, -0.2) is 22.5 Å². The highest BCUT2D eigenvalue weighted by molar-refractivity contribution is 5.88. The van der Waals surface area contributed by atoms with Gasteiger partial charge in [-0.25, -0.2) is 4.98 Å². The van der Waals surface area contributed by atoms with Crippen LogP contribution in [0.3, 0.4) is 0 Å². The first-order valence-corrected chi connectivity index (χ1v) is 6.14. The monoisotopic (exact) mass is 259 g/mol. The van der Waals surface area contributed by atoms with E-state index in [4.69, 9.17) is 4.74 Å². The summed E-state index contributed by atoms with van der Waals surface area (Å²) in [6.45, 7) is 4.38. The summed E-state index contributed by atoms with van der Waals surface area (Å²) < 4.78 is 5.57. The normalized spacial score (nSPS) is 10.2. The minimum absolute atomic E-state index is 0.126. The van der Waals surface area contributed by atoms with E-state index in [1.165, 1.54) is 0 Å². The van der Waals surface area contributed by atoms with Crippen molar-refractivity contribution in [3.05, 3.63) is 41.7 Å². The molecule has 0 atom stereocenters. The number of ether oxygens (including phenoxy) is 1. The first-order valence-electron chi connectivity index (χ1n) is 6.14. The van der Waals surface area contributed by atoms with Crippen LogP contribution >= 0.6 is 0 Å². The van der Waals surface area contributed by atoms with E-state index in [9.17, 15) is 4.79 Å². The average Bonchev–Trinajstić information content (AvgIpc) is 2.80. The Kier molecular flexibility index (Phi) is 4.18. The lowest BCUT2D eigenvalue weighted by molar-refractivity contribution is -0.116. The van der Waals surface area contributed by atoms with Gasteiger partial charge in [0, 0.05) is 12.4 Å². The van der Waals surface area contributed by atoms with Gasteiger partial charge < -0.3 is 9.72 Å². The van der Waals surface area contributed by atoms with E-state index in [1.807, 2.05) is 26.0 Å². The molecule has 2 rings (SSSR count). The number of rotatable bonds is 5. The summed E-state index contributed by atoms with van der Waals surface area (Å²) in [7, 11) is 0. The maximum atomic E-state index is 11.6. The number of aromatic nitrogens is 2. The van der Waals surface area contributed by atoms with Crippen LogP contribution < -0.4 is 10.1 Å². The Morgan fingerprint density at radius 3 is 2.68 bits per heavy atom. The van der Waals surface area contributed by atoms with Crippen LogP contribution in [0, 0.1) is 13.8 Å². The van der Waals surface area contributed by atoms with Gasteiger partial charge in [-0.1, -0.05) is 6.07 Å². The number of imidazole rings is 1. The van der Waals surface area contributed by atoms with Crippen molar-refractivity contribution >= 4 is 11.9 Å². The Morgan fingerprint density at radius 1 is 1.32 bits per heavy atom. The Balaban J connectivity index is 1.78. The molecule has 2 aromatic rings. The van der Waals surface area contributed by atoms with Crippen molar-refractivity contribution in [1.29, 1.82) is 0 Å². The number of carbonyl (C=O) groups is 1. The molecule has 1 aromatic carbocycles. The molecule has 0 spiro atoms. The number of anilines is 1. The van der Waals surface area contributed by atoms with E-state index in [2.05, 4.69) is 21.4 Å². The Bertz CT molecular complexity index is 530. The molecule has 0 bridgehead atoms. The topological polar surface area (TPSA) is 67.0 Å². The summed E-state index contributed by atoms with van der Waals surface area (Å²) in [5, 5.41) is 2.65. The van der Waals surface area contributed by atoms with Gasteiger partial charge >= 0.3 is 0 Å². The Morgan fingerprint density at radius 2 is 2.05 bits per heavy atom. The molecule has 0 unspecified atom stereocenters. The number of aromatic amines is 1. The number of hydrogen-bond acceptors (Lipinski definition) is 3. The zero-order chi connectivity index (χ0) is 13.7. The smallest absolute Gasteiger partial charge is 0.230 e. The second-order valence-corrected chi connectivity index (χ2v) is 4.41. The van der Waals surface area contributed by atoms with Gasteiger partial charge in [0.1, 0.15) is 5.75 Å². The van der Waals surface area contributed by atoms with Crippen LogP contribution in [-0.2, 0) is 4.79 Å². The fraction of sp³-hybridized carbons (Fsp3) is 0.286. The number of benzene rings is 1. The van der Waals surface area contributed by atoms with Gasteiger partial charge in [-0.15, -0.1) is 0 Å². The summed E-state index contributed by atoms with van der Waals surface area (Å²) in [5.41, 5.74) is 2.30. The SMILES string of the molecule is Cc1cc(C)cc(OCCC(=O)Nc2ncc[nH]2)c1. The summed E-state index contributed by atoms with van der Waals surface area (Å²) in [6, 6.07) is 5.99. The van der Waals surface area contributed by atoms with Gasteiger partial charge in [-0.2, -0.15) is 0 Å². The van der Waals surface area contributed by atoms with Crippen LogP contribution in [0.4, 0.5) is 5.95 Å². The molecule has 0 radical (unpaired) electrons. The minimum Gasteiger partial charge on any atom is -0.493 e. The molecule has 0 aliphatic heterocycles. The molecule has 0 fully saturated rings. The maximum Gasteiger partial charge on any atom is 0.230 e. The number of aryl methyl sites for hydroxylation is 2. The van der Waals surface area contributed by atoms with Crippen molar-refractivity contribution in [2.75, 3.05) is 11.9 Å². The fourth-order valence-electron chi connectivity index (χ4n) is 1.81. The zero-order valence-corrected chi connectivity index (χ0v) is 11.1. The number of amides is 1. The highest BCUT2D eigenvalue weighted by Gasteiger charge is 2.04. The largest absolute Gasteiger partial charge is 0.493 e. The lowest BCUT2D eigenvalue weighted by Gasteiger charge is -2.08. The van der Waals surface area contributed by atoms with Crippen molar-refractivity contribution in [2.24, 2.45) is 0 Å². The Hall–Kier alpha value is -2.30. The molecular weight excluding hydrogens is 242 g/mol. The van der Waals surface area contributed by atoms with Crippen molar-refractivity contribution in [1.82, 2.24) is 9.97 Å². The third kappa shape index (κ3) is 4.13. The predicted molar refractivity (Wildman–Crippen MR) is 73.2 cm³/mol. The standard InChI is InChI=1S/C14H17N3O2/c1-10-7-11(2)9-12(8-10)19-6-3-13(18)17-14-15-4-5-16-14/h4-5,7-9H,3,6H2,1-2H3,(H2,15,16,17,18). The van der Waals surface area contributed by atoms with Gasteiger partial charge in [-0.05, 0) is 37.1 Å². The first-order chi connectivity index (χ1) is 9.13. The summed E-state index contributed by atoms with van der Waals surface area (Å²) >= 11 is 0. The van der Waals surface area contributed by atoms with Crippen LogP contribution in [0.25, 0.3) is 0 Å². The molecule has 0 saturated heterocycles. The van der Waals surface area contributed by atoms with E-state index >= 15 is 0 Å².